The lowest BCUT2D eigenvalue weighted by atomic mass is 10.1. The molecular formula is C24H28ClF2N5O3. The van der Waals surface area contributed by atoms with E-state index in [4.69, 9.17) is 21.7 Å². The van der Waals surface area contributed by atoms with Gasteiger partial charge in [-0.2, -0.15) is 0 Å². The first kappa shape index (κ1) is 25.3. The van der Waals surface area contributed by atoms with Crippen LogP contribution in [0.3, 0.4) is 0 Å². The van der Waals surface area contributed by atoms with Crippen LogP contribution >= 0.6 is 11.6 Å². The number of carbonyl (C=O) groups excluding carboxylic acids is 1. The summed E-state index contributed by atoms with van der Waals surface area (Å²) in [7, 11) is 0. The van der Waals surface area contributed by atoms with Crippen molar-refractivity contribution in [1.82, 2.24) is 15.1 Å². The van der Waals surface area contributed by atoms with Gasteiger partial charge in [0.1, 0.15) is 30.2 Å². The SMILES string of the molecule is CC1=N/C(=C2\CN(C(=O)c3ccc(F)cc3OCC3C(F)CCN3CCO)CC2=N)NC(C)=C1Cl. The topological polar surface area (TPSA) is 101 Å². The molecule has 188 valence electrons. The zero-order chi connectivity index (χ0) is 25.3. The standard InChI is InChI=1S/C24H28ClF2N5O3/c1-13-22(25)14(2)30-23(29-13)17-10-32(11-19(17)28)24(34)16-4-3-15(26)9-21(16)35-12-20-18(27)5-6-31(20)7-8-33/h3-4,9,18,20,28-29,33H,5-8,10-12H2,1-2H3/b23-17+,28-19?. The highest BCUT2D eigenvalue weighted by Crippen LogP contribution is 2.28. The van der Waals surface area contributed by atoms with Crippen molar-refractivity contribution in [3.63, 3.8) is 0 Å². The number of β-amino-alcohol motifs (C(OH)–C–C–N with tert-alkyl or cyclic N) is 1. The van der Waals surface area contributed by atoms with Crippen LogP contribution in [0.15, 0.2) is 45.3 Å². The fourth-order valence-corrected chi connectivity index (χ4v) is 4.60. The zero-order valence-corrected chi connectivity index (χ0v) is 20.3. The summed E-state index contributed by atoms with van der Waals surface area (Å²) in [5, 5.41) is 21.2. The van der Waals surface area contributed by atoms with Crippen LogP contribution in [-0.4, -0.2) is 83.8 Å². The molecule has 1 amide bonds. The summed E-state index contributed by atoms with van der Waals surface area (Å²) >= 11 is 6.19. The van der Waals surface area contributed by atoms with Crippen LogP contribution in [0.25, 0.3) is 0 Å². The van der Waals surface area contributed by atoms with Crippen molar-refractivity contribution >= 4 is 28.9 Å². The van der Waals surface area contributed by atoms with Gasteiger partial charge in [-0.25, -0.2) is 13.8 Å². The van der Waals surface area contributed by atoms with Crippen LogP contribution in [-0.2, 0) is 0 Å². The molecule has 8 nitrogen and oxygen atoms in total. The monoisotopic (exact) mass is 507 g/mol. The average molecular weight is 508 g/mol. The van der Waals surface area contributed by atoms with E-state index in [2.05, 4.69) is 10.3 Å². The number of alkyl halides is 1. The summed E-state index contributed by atoms with van der Waals surface area (Å²) in [5.41, 5.74) is 2.26. The number of allylic oxidation sites excluding steroid dienone is 2. The third-order valence-electron chi connectivity index (χ3n) is 6.42. The lowest BCUT2D eigenvalue weighted by Crippen LogP contribution is -2.40. The molecule has 0 radical (unpaired) electrons. The highest BCUT2D eigenvalue weighted by Gasteiger charge is 2.35. The molecule has 3 heterocycles. The summed E-state index contributed by atoms with van der Waals surface area (Å²) in [6.45, 7) is 4.38. The first-order chi connectivity index (χ1) is 16.7. The molecule has 3 aliphatic heterocycles. The lowest BCUT2D eigenvalue weighted by molar-refractivity contribution is 0.0793. The number of hydrogen-bond acceptors (Lipinski definition) is 7. The van der Waals surface area contributed by atoms with Crippen LogP contribution in [0.2, 0.25) is 0 Å². The molecule has 3 N–H and O–H groups in total. The maximum absolute atomic E-state index is 14.4. The molecule has 0 saturated carbocycles. The fraction of sp³-hybridized carbons (Fsp3) is 0.458. The number of halogens is 3. The van der Waals surface area contributed by atoms with Crippen LogP contribution in [0.5, 0.6) is 5.75 Å². The van der Waals surface area contributed by atoms with E-state index in [-0.39, 0.29) is 43.3 Å². The number of nitrogens with zero attached hydrogens (tertiary/aromatic N) is 3. The van der Waals surface area contributed by atoms with E-state index in [1.807, 2.05) is 0 Å². The molecule has 0 aliphatic carbocycles. The maximum Gasteiger partial charge on any atom is 0.258 e. The van der Waals surface area contributed by atoms with E-state index in [0.717, 1.165) is 6.07 Å². The van der Waals surface area contributed by atoms with Gasteiger partial charge in [0.25, 0.3) is 5.91 Å². The number of aliphatic imine (C=N–C) groups is 1. The summed E-state index contributed by atoms with van der Waals surface area (Å²) in [5.74, 6) is -0.530. The van der Waals surface area contributed by atoms with E-state index in [0.29, 0.717) is 47.3 Å². The normalized spacial score (nSPS) is 25.3. The number of carbonyl (C=O) groups is 1. The number of amides is 1. The predicted octanol–water partition coefficient (Wildman–Crippen LogP) is 2.83. The minimum absolute atomic E-state index is 0.0147. The van der Waals surface area contributed by atoms with Gasteiger partial charge in [0, 0.05) is 30.4 Å². The maximum atomic E-state index is 14.4. The van der Waals surface area contributed by atoms with Crippen LogP contribution in [0.4, 0.5) is 8.78 Å². The second-order valence-corrected chi connectivity index (χ2v) is 9.19. The third-order valence-corrected chi connectivity index (χ3v) is 6.97. The number of benzene rings is 1. The second kappa shape index (κ2) is 10.4. The quantitative estimate of drug-likeness (QED) is 0.549. The van der Waals surface area contributed by atoms with Gasteiger partial charge >= 0.3 is 0 Å². The number of ether oxygens (including phenoxy) is 1. The van der Waals surface area contributed by atoms with Gasteiger partial charge in [-0.1, -0.05) is 11.6 Å². The molecule has 0 spiro atoms. The van der Waals surface area contributed by atoms with E-state index < -0.39 is 23.9 Å². The van der Waals surface area contributed by atoms with Crippen molar-refractivity contribution in [3.05, 3.63) is 51.7 Å². The molecule has 11 heteroatoms. The van der Waals surface area contributed by atoms with Gasteiger partial charge < -0.3 is 25.5 Å². The van der Waals surface area contributed by atoms with Gasteiger partial charge in [-0.3, -0.25) is 9.69 Å². The van der Waals surface area contributed by atoms with Crippen molar-refractivity contribution in [2.45, 2.75) is 32.5 Å². The molecule has 1 aromatic carbocycles. The van der Waals surface area contributed by atoms with Crippen molar-refractivity contribution in [2.75, 3.05) is 39.4 Å². The first-order valence-electron chi connectivity index (χ1n) is 11.4. The molecule has 0 bridgehead atoms. The molecule has 2 saturated heterocycles. The Morgan fingerprint density at radius 2 is 2.14 bits per heavy atom. The number of aliphatic hydroxyl groups excluding tert-OH is 1. The predicted molar refractivity (Wildman–Crippen MR) is 129 cm³/mol. The van der Waals surface area contributed by atoms with E-state index in [1.165, 1.54) is 17.0 Å². The molecule has 2 fully saturated rings. The number of hydrogen-bond donors (Lipinski definition) is 3. The van der Waals surface area contributed by atoms with Crippen molar-refractivity contribution in [3.8, 4) is 5.75 Å². The van der Waals surface area contributed by atoms with E-state index >= 15 is 0 Å². The highest BCUT2D eigenvalue weighted by atomic mass is 35.5. The van der Waals surface area contributed by atoms with E-state index in [1.54, 1.807) is 18.7 Å². The largest absolute Gasteiger partial charge is 0.491 e. The Kier molecular flexibility index (Phi) is 7.53. The Morgan fingerprint density at radius 3 is 2.86 bits per heavy atom. The molecule has 2 unspecified atom stereocenters. The molecule has 4 rings (SSSR count). The van der Waals surface area contributed by atoms with Gasteiger partial charge in [-0.05, 0) is 32.4 Å². The summed E-state index contributed by atoms with van der Waals surface area (Å²) < 4.78 is 34.2. The smallest absolute Gasteiger partial charge is 0.258 e. The highest BCUT2D eigenvalue weighted by molar-refractivity contribution is 6.43. The molecule has 35 heavy (non-hydrogen) atoms. The Labute approximate surface area is 207 Å². The summed E-state index contributed by atoms with van der Waals surface area (Å²) in [6.07, 6.45) is -0.813. The molecule has 3 aliphatic rings. The van der Waals surface area contributed by atoms with E-state index in [9.17, 15) is 18.7 Å². The molecule has 0 aromatic heterocycles. The number of rotatable bonds is 6. The number of aliphatic hydroxyl groups is 1. The fourth-order valence-electron chi connectivity index (χ4n) is 4.51. The summed E-state index contributed by atoms with van der Waals surface area (Å²) in [4.78, 5) is 21.0. The average Bonchev–Trinajstić information content (AvgIpc) is 3.38. The van der Waals surface area contributed by atoms with Crippen LogP contribution in [0, 0.1) is 11.2 Å². The Balaban J connectivity index is 1.53. The van der Waals surface area contributed by atoms with Crippen molar-refractivity contribution in [2.24, 2.45) is 4.99 Å². The molecular weight excluding hydrogens is 480 g/mol. The van der Waals surface area contributed by atoms with Crippen LogP contribution < -0.4 is 10.1 Å². The Morgan fingerprint density at radius 1 is 1.37 bits per heavy atom. The van der Waals surface area contributed by atoms with Crippen LogP contribution in [0.1, 0.15) is 30.6 Å². The lowest BCUT2D eigenvalue weighted by Gasteiger charge is -2.25. The Hall–Kier alpha value is -2.82. The first-order valence-corrected chi connectivity index (χ1v) is 11.8. The second-order valence-electron chi connectivity index (χ2n) is 8.81. The molecule has 1 aromatic rings. The molecule has 2 atom stereocenters. The van der Waals surface area contributed by atoms with Gasteiger partial charge in [0.2, 0.25) is 0 Å². The van der Waals surface area contributed by atoms with Crippen molar-refractivity contribution in [1.29, 1.82) is 5.41 Å². The number of likely N-dealkylation sites (tertiary alicyclic amines) is 2. The van der Waals surface area contributed by atoms with Crippen molar-refractivity contribution < 1.29 is 23.4 Å². The summed E-state index contributed by atoms with van der Waals surface area (Å²) in [6, 6.07) is 3.02. The van der Waals surface area contributed by atoms with Gasteiger partial charge in [0.15, 0.2) is 0 Å². The Bertz CT molecular complexity index is 1130. The van der Waals surface area contributed by atoms with Gasteiger partial charge in [0.05, 0.1) is 47.8 Å². The van der Waals surface area contributed by atoms with Gasteiger partial charge in [-0.15, -0.1) is 0 Å². The third kappa shape index (κ3) is 5.24. The minimum Gasteiger partial charge on any atom is -0.491 e. The minimum atomic E-state index is -1.14. The zero-order valence-electron chi connectivity index (χ0n) is 19.6. The number of nitrogens with one attached hydrogen (secondary N) is 2.